The zero-order chi connectivity index (χ0) is 25.1. The fourth-order valence-electron chi connectivity index (χ4n) is 4.34. The molecule has 1 aliphatic carbocycles. The van der Waals surface area contributed by atoms with Gasteiger partial charge in [0, 0.05) is 23.4 Å². The van der Waals surface area contributed by atoms with Crippen LogP contribution in [0, 0.1) is 0 Å². The molecule has 2 aromatic carbocycles. The second-order valence-electron chi connectivity index (χ2n) is 8.10. The maximum atomic E-state index is 13.0. The summed E-state index contributed by atoms with van der Waals surface area (Å²) in [6, 6.07) is 10.9. The Bertz CT molecular complexity index is 1240. The van der Waals surface area contributed by atoms with Crippen molar-refractivity contribution in [2.45, 2.75) is 38.7 Å². The van der Waals surface area contributed by atoms with Crippen LogP contribution in [0.4, 0.5) is 0 Å². The van der Waals surface area contributed by atoms with Crippen LogP contribution in [0.5, 0.6) is 11.5 Å². The van der Waals surface area contributed by atoms with Gasteiger partial charge >= 0.3 is 5.97 Å². The molecular weight excluding hydrogens is 538 g/mol. The van der Waals surface area contributed by atoms with Crippen molar-refractivity contribution in [2.75, 3.05) is 13.7 Å². The average Bonchev–Trinajstić information content (AvgIpc) is 2.82. The SMILES string of the molecule is CCOc1cc([C@H]2C(C(=O)OC)=C(N)OC3=C2C(=O)CCC3)cc(Br)c1OCc1cccc(Cl)c1. The normalized spacial score (nSPS) is 17.6. The molecule has 1 aliphatic heterocycles. The van der Waals surface area contributed by atoms with Gasteiger partial charge < -0.3 is 24.7 Å². The number of halogens is 2. The van der Waals surface area contributed by atoms with Crippen LogP contribution in [-0.4, -0.2) is 25.5 Å². The number of Topliss-reactive ketones (excluding diaryl/α,β-unsaturated/α-hetero) is 1. The van der Waals surface area contributed by atoms with Gasteiger partial charge in [-0.15, -0.1) is 0 Å². The third-order valence-electron chi connectivity index (χ3n) is 5.83. The van der Waals surface area contributed by atoms with Crippen LogP contribution in [0.2, 0.25) is 5.02 Å². The van der Waals surface area contributed by atoms with Crippen molar-refractivity contribution in [3.63, 3.8) is 0 Å². The van der Waals surface area contributed by atoms with Crippen molar-refractivity contribution >= 4 is 39.3 Å². The van der Waals surface area contributed by atoms with Gasteiger partial charge in [-0.3, -0.25) is 4.79 Å². The minimum Gasteiger partial charge on any atom is -0.490 e. The molecule has 0 saturated heterocycles. The Morgan fingerprint density at radius 1 is 1.23 bits per heavy atom. The van der Waals surface area contributed by atoms with Crippen molar-refractivity contribution in [3.05, 3.63) is 79.8 Å². The molecule has 4 rings (SSSR count). The molecule has 0 unspecified atom stereocenters. The van der Waals surface area contributed by atoms with Crippen molar-refractivity contribution < 1.29 is 28.5 Å². The van der Waals surface area contributed by atoms with Gasteiger partial charge in [-0.1, -0.05) is 23.7 Å². The van der Waals surface area contributed by atoms with Gasteiger partial charge in [0.15, 0.2) is 17.3 Å². The Labute approximate surface area is 216 Å². The number of ketones is 1. The Hall–Kier alpha value is -2.97. The standard InChI is InChI=1S/C26H25BrClNO6/c1-3-33-20-12-15(11-17(27)24(20)34-13-14-6-4-7-16(28)10-14)21-22-18(30)8-5-9-19(22)35-25(29)23(21)26(31)32-2/h4,6-7,10-12,21H,3,5,8-9,13,29H2,1-2H3/t21-/m1/s1. The molecule has 1 heterocycles. The summed E-state index contributed by atoms with van der Waals surface area (Å²) in [5, 5.41) is 0.617. The fourth-order valence-corrected chi connectivity index (χ4v) is 5.13. The predicted molar refractivity (Wildman–Crippen MR) is 134 cm³/mol. The summed E-state index contributed by atoms with van der Waals surface area (Å²) in [7, 11) is 1.26. The highest BCUT2D eigenvalue weighted by Gasteiger charge is 2.41. The van der Waals surface area contributed by atoms with Crippen molar-refractivity contribution in [3.8, 4) is 11.5 Å². The second kappa shape index (κ2) is 10.7. The van der Waals surface area contributed by atoms with Crippen molar-refractivity contribution in [2.24, 2.45) is 5.73 Å². The first kappa shape index (κ1) is 25.1. The lowest BCUT2D eigenvalue weighted by Gasteiger charge is -2.32. The first-order chi connectivity index (χ1) is 16.8. The van der Waals surface area contributed by atoms with Crippen LogP contribution >= 0.6 is 27.5 Å². The van der Waals surface area contributed by atoms with Gasteiger partial charge in [-0.05, 0) is 64.7 Å². The van der Waals surface area contributed by atoms with E-state index in [1.165, 1.54) is 7.11 Å². The predicted octanol–water partition coefficient (Wildman–Crippen LogP) is 5.54. The molecular formula is C26H25BrClNO6. The molecule has 184 valence electrons. The number of ether oxygens (including phenoxy) is 4. The smallest absolute Gasteiger partial charge is 0.340 e. The molecule has 2 aromatic rings. The van der Waals surface area contributed by atoms with Crippen LogP contribution in [-0.2, 0) is 25.7 Å². The summed E-state index contributed by atoms with van der Waals surface area (Å²) in [6.07, 6.45) is 1.59. The number of carbonyl (C=O) groups is 2. The summed E-state index contributed by atoms with van der Waals surface area (Å²) in [5.41, 5.74) is 8.19. The number of hydrogen-bond acceptors (Lipinski definition) is 7. The first-order valence-corrected chi connectivity index (χ1v) is 12.4. The molecule has 2 N–H and O–H groups in total. The molecule has 0 radical (unpaired) electrons. The lowest BCUT2D eigenvalue weighted by molar-refractivity contribution is -0.136. The number of hydrogen-bond donors (Lipinski definition) is 1. The van der Waals surface area contributed by atoms with E-state index in [4.69, 9.17) is 36.3 Å². The van der Waals surface area contributed by atoms with E-state index >= 15 is 0 Å². The van der Waals surface area contributed by atoms with E-state index in [-0.39, 0.29) is 23.8 Å². The van der Waals surface area contributed by atoms with E-state index in [1.54, 1.807) is 18.2 Å². The fraction of sp³-hybridized carbons (Fsp3) is 0.308. The highest BCUT2D eigenvalue weighted by molar-refractivity contribution is 9.10. The first-order valence-electron chi connectivity index (χ1n) is 11.2. The van der Waals surface area contributed by atoms with Crippen LogP contribution in [0.1, 0.15) is 43.2 Å². The van der Waals surface area contributed by atoms with Gasteiger partial charge in [0.25, 0.3) is 0 Å². The molecule has 9 heteroatoms. The summed E-state index contributed by atoms with van der Waals surface area (Å²) < 4.78 is 23.3. The third kappa shape index (κ3) is 5.18. The highest BCUT2D eigenvalue weighted by Crippen LogP contribution is 2.47. The molecule has 0 saturated carbocycles. The van der Waals surface area contributed by atoms with E-state index in [1.807, 2.05) is 25.1 Å². The van der Waals surface area contributed by atoms with E-state index < -0.39 is 11.9 Å². The monoisotopic (exact) mass is 561 g/mol. The molecule has 0 fully saturated rings. The molecule has 0 amide bonds. The lowest BCUT2D eigenvalue weighted by Crippen LogP contribution is -2.31. The number of allylic oxidation sites excluding steroid dienone is 2. The zero-order valence-electron chi connectivity index (χ0n) is 19.4. The van der Waals surface area contributed by atoms with Gasteiger partial charge in [0.1, 0.15) is 17.9 Å². The molecule has 0 bridgehead atoms. The van der Waals surface area contributed by atoms with E-state index in [0.717, 1.165) is 5.56 Å². The number of rotatable bonds is 7. The third-order valence-corrected chi connectivity index (χ3v) is 6.65. The average molecular weight is 563 g/mol. The number of methoxy groups -OCH3 is 1. The topological polar surface area (TPSA) is 97.1 Å². The van der Waals surface area contributed by atoms with Gasteiger partial charge in [-0.2, -0.15) is 0 Å². The number of nitrogens with two attached hydrogens (primary N) is 1. The summed E-state index contributed by atoms with van der Waals surface area (Å²) in [4.78, 5) is 25.7. The largest absolute Gasteiger partial charge is 0.490 e. The number of carbonyl (C=O) groups excluding carboxylic acids is 2. The van der Waals surface area contributed by atoms with Crippen molar-refractivity contribution in [1.82, 2.24) is 0 Å². The zero-order valence-corrected chi connectivity index (χ0v) is 21.7. The molecule has 35 heavy (non-hydrogen) atoms. The van der Waals surface area contributed by atoms with Crippen molar-refractivity contribution in [1.29, 1.82) is 0 Å². The molecule has 0 spiro atoms. The number of esters is 1. The Kier molecular flexibility index (Phi) is 7.72. The molecule has 1 atom stereocenters. The van der Waals surface area contributed by atoms with E-state index in [9.17, 15) is 9.59 Å². The van der Waals surface area contributed by atoms with Gasteiger partial charge in [0.05, 0.1) is 24.1 Å². The van der Waals surface area contributed by atoms with Crippen LogP contribution in [0.15, 0.2) is 63.7 Å². The maximum absolute atomic E-state index is 13.0. The quantitative estimate of drug-likeness (QED) is 0.442. The Morgan fingerprint density at radius 2 is 2.03 bits per heavy atom. The van der Waals surface area contributed by atoms with Gasteiger partial charge in [-0.25, -0.2) is 4.79 Å². The lowest BCUT2D eigenvalue weighted by atomic mass is 9.77. The minimum atomic E-state index is -0.753. The highest BCUT2D eigenvalue weighted by atomic mass is 79.9. The Balaban J connectivity index is 1.79. The molecule has 0 aromatic heterocycles. The van der Waals surface area contributed by atoms with E-state index in [2.05, 4.69) is 15.9 Å². The molecule has 2 aliphatic rings. The van der Waals surface area contributed by atoms with Crippen LogP contribution < -0.4 is 15.2 Å². The summed E-state index contributed by atoms with van der Waals surface area (Å²) >= 11 is 9.68. The van der Waals surface area contributed by atoms with Crippen LogP contribution in [0.25, 0.3) is 0 Å². The second-order valence-corrected chi connectivity index (χ2v) is 9.39. The maximum Gasteiger partial charge on any atom is 0.340 e. The molecule has 7 nitrogen and oxygen atoms in total. The summed E-state index contributed by atoms with van der Waals surface area (Å²) in [6.45, 7) is 2.51. The van der Waals surface area contributed by atoms with Gasteiger partial charge in [0.2, 0.25) is 5.88 Å². The number of benzene rings is 2. The Morgan fingerprint density at radius 3 is 2.74 bits per heavy atom. The summed E-state index contributed by atoms with van der Waals surface area (Å²) in [5.74, 6) is -0.121. The van der Waals surface area contributed by atoms with Crippen LogP contribution in [0.3, 0.4) is 0 Å². The van der Waals surface area contributed by atoms with E-state index in [0.29, 0.717) is 63.8 Å². The minimum absolute atomic E-state index is 0.0642.